The number of hydrogen-bond donors (Lipinski definition) is 1. The number of benzene rings is 1. The van der Waals surface area contributed by atoms with Crippen LogP contribution in [0.1, 0.15) is 69.2 Å². The van der Waals surface area contributed by atoms with Crippen LogP contribution in [0, 0.1) is 17.3 Å². The van der Waals surface area contributed by atoms with Crippen molar-refractivity contribution in [2.45, 2.75) is 89.7 Å². The van der Waals surface area contributed by atoms with Crippen molar-refractivity contribution < 1.29 is 81.0 Å². The molecule has 2 bridgehead atoms. The maximum Gasteiger partial charge on any atom is 0.338 e. The number of hydrogen-bond acceptors (Lipinski definition) is 17. The molecule has 2 saturated carbocycles. The minimum absolute atomic E-state index is 0.111. The van der Waals surface area contributed by atoms with Crippen LogP contribution >= 0.6 is 0 Å². The average Bonchev–Trinajstić information content (AvgIpc) is 3.69. The van der Waals surface area contributed by atoms with Crippen molar-refractivity contribution >= 4 is 47.4 Å². The number of esters is 6. The number of fused-ring (bicyclic) bond motifs is 1. The van der Waals surface area contributed by atoms with E-state index in [-0.39, 0.29) is 11.1 Å². The fourth-order valence-corrected chi connectivity index (χ4v) is 8.50. The molecule has 5 rings (SSSR count). The zero-order valence-electron chi connectivity index (χ0n) is 30.5. The molecule has 1 saturated heterocycles. The highest BCUT2D eigenvalue weighted by Crippen LogP contribution is 2.69. The summed E-state index contributed by atoms with van der Waals surface area (Å²) < 4.78 is 46.2. The van der Waals surface area contributed by atoms with Crippen molar-refractivity contribution in [2.75, 3.05) is 13.2 Å². The minimum Gasteiger partial charge on any atom is -0.472 e. The van der Waals surface area contributed by atoms with E-state index in [1.807, 2.05) is 0 Å². The Kier molecular flexibility index (Phi) is 10.6. The summed E-state index contributed by atoms with van der Waals surface area (Å²) in [7, 11) is 0. The molecular formula is C37H40O17. The number of Topliss-reactive ketones (excluding diaryl/α,β-unsaturated/α-hetero) is 2. The van der Waals surface area contributed by atoms with Crippen molar-refractivity contribution in [1.29, 1.82) is 0 Å². The van der Waals surface area contributed by atoms with Crippen LogP contribution < -0.4 is 0 Å². The zero-order valence-corrected chi connectivity index (χ0v) is 30.5. The summed E-state index contributed by atoms with van der Waals surface area (Å²) in [4.78, 5) is 107. The Morgan fingerprint density at radius 3 is 1.85 bits per heavy atom. The van der Waals surface area contributed by atoms with E-state index in [0.717, 1.165) is 54.1 Å². The van der Waals surface area contributed by atoms with Gasteiger partial charge in [-0.3, -0.25) is 33.6 Å². The van der Waals surface area contributed by atoms with Gasteiger partial charge in [0.05, 0.1) is 29.2 Å². The molecule has 17 heteroatoms. The van der Waals surface area contributed by atoms with Crippen LogP contribution in [0.5, 0.6) is 0 Å². The van der Waals surface area contributed by atoms with E-state index in [4.69, 9.17) is 37.6 Å². The predicted octanol–water partition coefficient (Wildman–Crippen LogP) is 1.70. The van der Waals surface area contributed by atoms with Crippen LogP contribution in [0.2, 0.25) is 0 Å². The first-order valence-electron chi connectivity index (χ1n) is 16.8. The van der Waals surface area contributed by atoms with E-state index in [1.54, 1.807) is 18.2 Å². The quantitative estimate of drug-likeness (QED) is 0.195. The highest BCUT2D eigenvalue weighted by atomic mass is 16.6. The van der Waals surface area contributed by atoms with Gasteiger partial charge in [-0.2, -0.15) is 0 Å². The SMILES string of the molecule is CC(=O)OC[C@]12[C@H](OC(C)=O)C(=O)[C@@H]3[C@@H](OC(C)=O)[C@]1(O[C@@]3(C)COC(=O)c1ccccc1)[C@@](C)(O)[C@@H](C(=O)c1ccoc1)[C@H](OC(C)=O)[C@@H]2OC(C)=O. The Morgan fingerprint density at radius 1 is 0.722 bits per heavy atom. The van der Waals surface area contributed by atoms with Gasteiger partial charge in [0.25, 0.3) is 0 Å². The molecule has 3 aliphatic rings. The second-order valence-electron chi connectivity index (χ2n) is 13.9. The van der Waals surface area contributed by atoms with Gasteiger partial charge in [-0.1, -0.05) is 18.2 Å². The van der Waals surface area contributed by atoms with Crippen LogP contribution in [-0.4, -0.2) is 107 Å². The van der Waals surface area contributed by atoms with Crippen LogP contribution in [-0.2, 0) is 61.9 Å². The Bertz CT molecular complexity index is 1850. The topological polar surface area (TPSA) is 235 Å². The molecule has 0 radical (unpaired) electrons. The zero-order chi connectivity index (χ0) is 40.0. The predicted molar refractivity (Wildman–Crippen MR) is 176 cm³/mol. The van der Waals surface area contributed by atoms with E-state index in [0.29, 0.717) is 0 Å². The molecule has 2 aliphatic carbocycles. The molecule has 1 N–H and O–H groups in total. The lowest BCUT2D eigenvalue weighted by atomic mass is 9.43. The van der Waals surface area contributed by atoms with Gasteiger partial charge in [0, 0.05) is 34.6 Å². The van der Waals surface area contributed by atoms with Gasteiger partial charge in [0.15, 0.2) is 35.5 Å². The van der Waals surface area contributed by atoms with Crippen LogP contribution in [0.4, 0.5) is 0 Å². The average molecular weight is 757 g/mol. The molecule has 0 amide bonds. The van der Waals surface area contributed by atoms with Crippen molar-refractivity contribution in [1.82, 2.24) is 0 Å². The normalized spacial score (nSPS) is 33.7. The summed E-state index contributed by atoms with van der Waals surface area (Å²) in [6.07, 6.45) is -6.16. The number of rotatable bonds is 11. The third-order valence-electron chi connectivity index (χ3n) is 10.2. The molecule has 290 valence electrons. The molecule has 17 nitrogen and oxygen atoms in total. The smallest absolute Gasteiger partial charge is 0.338 e. The Morgan fingerprint density at radius 2 is 1.31 bits per heavy atom. The molecule has 0 unspecified atom stereocenters. The van der Waals surface area contributed by atoms with Crippen LogP contribution in [0.15, 0.2) is 53.3 Å². The van der Waals surface area contributed by atoms with Crippen molar-refractivity contribution in [3.05, 3.63) is 60.1 Å². The summed E-state index contributed by atoms with van der Waals surface area (Å²) in [6.45, 7) is 5.32. The minimum atomic E-state index is -2.82. The second-order valence-corrected chi connectivity index (χ2v) is 13.9. The lowest BCUT2D eigenvalue weighted by Crippen LogP contribution is -2.87. The first-order valence-corrected chi connectivity index (χ1v) is 16.8. The largest absolute Gasteiger partial charge is 0.472 e. The van der Waals surface area contributed by atoms with Gasteiger partial charge in [-0.05, 0) is 32.0 Å². The fraction of sp³-hybridized carbons (Fsp3) is 0.514. The van der Waals surface area contributed by atoms with E-state index in [9.17, 15) is 38.7 Å². The highest BCUT2D eigenvalue weighted by molar-refractivity contribution is 6.00. The lowest BCUT2D eigenvalue weighted by molar-refractivity contribution is -0.363. The maximum absolute atomic E-state index is 15.1. The first kappa shape index (κ1) is 39.8. The highest BCUT2D eigenvalue weighted by Gasteiger charge is 2.91. The standard InChI is InChI=1S/C37H40O17/c1-18(38)48-17-36-31(52-21(4)41)28(44)26-30(51-20(3)40)37(36,54-34(26,6)16-49-33(45)23-11-9-8-10-12-23)35(7,46)25(27(43)24-13-14-47-15-24)29(50-19(2)39)32(36)53-22(5)42/h8-15,25-26,29-32,46H,16-17H2,1-7H3/t25-,26+,29-,30+,31+,32-,34-,35-,36+,37-/m0/s1. The number of aliphatic hydroxyl groups is 1. The number of furan rings is 1. The Labute approximate surface area is 308 Å². The molecule has 1 spiro atoms. The molecular weight excluding hydrogens is 716 g/mol. The molecule has 2 aromatic rings. The van der Waals surface area contributed by atoms with Crippen molar-refractivity contribution in [2.24, 2.45) is 17.3 Å². The number of carbonyl (C=O) groups is 8. The number of carbonyl (C=O) groups excluding carboxylic acids is 8. The molecule has 10 atom stereocenters. The molecule has 1 aromatic heterocycles. The van der Waals surface area contributed by atoms with Crippen LogP contribution in [0.25, 0.3) is 0 Å². The Hall–Kier alpha value is -5.42. The summed E-state index contributed by atoms with van der Waals surface area (Å²) in [6, 6.07) is 8.98. The summed E-state index contributed by atoms with van der Waals surface area (Å²) >= 11 is 0. The van der Waals surface area contributed by atoms with Gasteiger partial charge in [-0.25, -0.2) is 4.79 Å². The fourth-order valence-electron chi connectivity index (χ4n) is 8.50. The molecule has 54 heavy (non-hydrogen) atoms. The number of ether oxygens (including phenoxy) is 7. The van der Waals surface area contributed by atoms with E-state index >= 15 is 4.79 Å². The van der Waals surface area contributed by atoms with Gasteiger partial charge < -0.3 is 42.7 Å². The van der Waals surface area contributed by atoms with Gasteiger partial charge in [-0.15, -0.1) is 0 Å². The Balaban J connectivity index is 1.90. The molecule has 3 fully saturated rings. The van der Waals surface area contributed by atoms with Gasteiger partial charge >= 0.3 is 35.8 Å². The summed E-state index contributed by atoms with van der Waals surface area (Å²) in [5, 5.41) is 13.3. The monoisotopic (exact) mass is 756 g/mol. The number of ketones is 2. The molecule has 1 aliphatic heterocycles. The summed E-state index contributed by atoms with van der Waals surface area (Å²) in [5.74, 6) is -11.9. The van der Waals surface area contributed by atoms with E-state index in [1.165, 1.54) is 25.1 Å². The molecule has 1 aromatic carbocycles. The lowest BCUT2D eigenvalue weighted by Gasteiger charge is -2.66. The maximum atomic E-state index is 15.1. The second kappa shape index (κ2) is 14.4. The van der Waals surface area contributed by atoms with Crippen molar-refractivity contribution in [3.63, 3.8) is 0 Å². The third-order valence-corrected chi connectivity index (χ3v) is 10.2. The first-order chi connectivity index (χ1) is 25.2. The van der Waals surface area contributed by atoms with Gasteiger partial charge in [0.1, 0.15) is 42.2 Å². The van der Waals surface area contributed by atoms with E-state index in [2.05, 4.69) is 0 Å². The summed E-state index contributed by atoms with van der Waals surface area (Å²) in [5.41, 5.74) is -10.4. The van der Waals surface area contributed by atoms with Crippen LogP contribution in [0.3, 0.4) is 0 Å². The third kappa shape index (κ3) is 6.34. The van der Waals surface area contributed by atoms with Gasteiger partial charge in [0.2, 0.25) is 0 Å². The van der Waals surface area contributed by atoms with Crippen molar-refractivity contribution in [3.8, 4) is 0 Å². The van der Waals surface area contributed by atoms with E-state index < -0.39 is 119 Å². The molecule has 2 heterocycles.